The second kappa shape index (κ2) is 7.52. The van der Waals surface area contributed by atoms with Crippen molar-refractivity contribution in [2.24, 2.45) is 5.73 Å². The monoisotopic (exact) mass is 250 g/mol. The van der Waals surface area contributed by atoms with Crippen LogP contribution in [0.1, 0.15) is 30.5 Å². The molecule has 1 aromatic carbocycles. The summed E-state index contributed by atoms with van der Waals surface area (Å²) in [5.41, 5.74) is 8.70. The van der Waals surface area contributed by atoms with Crippen LogP contribution in [0.15, 0.2) is 24.3 Å². The van der Waals surface area contributed by atoms with E-state index >= 15 is 0 Å². The van der Waals surface area contributed by atoms with Crippen LogP contribution in [0.25, 0.3) is 0 Å². The smallest absolute Gasteiger partial charge is 0.0615 e. The van der Waals surface area contributed by atoms with E-state index in [-0.39, 0.29) is 6.04 Å². The molecule has 2 atom stereocenters. The van der Waals surface area contributed by atoms with Crippen molar-refractivity contribution in [1.82, 2.24) is 4.90 Å². The van der Waals surface area contributed by atoms with Crippen molar-refractivity contribution in [1.29, 1.82) is 0 Å². The predicted octanol–water partition coefficient (Wildman–Crippen LogP) is 2.35. The van der Waals surface area contributed by atoms with Gasteiger partial charge >= 0.3 is 0 Å². The van der Waals surface area contributed by atoms with E-state index in [1.165, 1.54) is 11.1 Å². The molecule has 0 aliphatic rings. The van der Waals surface area contributed by atoms with Gasteiger partial charge in [-0.05, 0) is 32.9 Å². The first-order chi connectivity index (χ1) is 8.54. The summed E-state index contributed by atoms with van der Waals surface area (Å²) in [6.45, 7) is 6.01. The highest BCUT2D eigenvalue weighted by molar-refractivity contribution is 5.23. The molecule has 3 nitrogen and oxygen atoms in total. The number of benzene rings is 1. The Balaban J connectivity index is 2.41. The summed E-state index contributed by atoms with van der Waals surface area (Å²) in [5.74, 6) is 0. The largest absolute Gasteiger partial charge is 0.383 e. The fourth-order valence-corrected chi connectivity index (χ4v) is 1.91. The number of likely N-dealkylation sites (N-methyl/N-ethyl adjacent to an activating group) is 1. The predicted molar refractivity (Wildman–Crippen MR) is 76.7 cm³/mol. The van der Waals surface area contributed by atoms with E-state index < -0.39 is 0 Å². The van der Waals surface area contributed by atoms with Gasteiger partial charge in [0.1, 0.15) is 0 Å². The third kappa shape index (κ3) is 4.77. The first-order valence-corrected chi connectivity index (χ1v) is 6.56. The normalized spacial score (nSPS) is 14.8. The van der Waals surface area contributed by atoms with Crippen molar-refractivity contribution in [2.45, 2.75) is 32.4 Å². The molecule has 0 aromatic heterocycles. The topological polar surface area (TPSA) is 38.5 Å². The highest BCUT2D eigenvalue weighted by Crippen LogP contribution is 2.15. The van der Waals surface area contributed by atoms with Crippen LogP contribution in [-0.2, 0) is 4.74 Å². The van der Waals surface area contributed by atoms with E-state index in [2.05, 4.69) is 50.1 Å². The fraction of sp³-hybridized carbons (Fsp3) is 0.600. The molecule has 0 heterocycles. The number of rotatable bonds is 7. The molecule has 2 N–H and O–H groups in total. The number of nitrogens with two attached hydrogens (primary N) is 1. The summed E-state index contributed by atoms with van der Waals surface area (Å²) in [7, 11) is 3.86. The molecule has 0 aliphatic heterocycles. The molecule has 0 saturated carbocycles. The Kier molecular flexibility index (Phi) is 6.33. The minimum Gasteiger partial charge on any atom is -0.383 e. The minimum absolute atomic E-state index is 0.114. The van der Waals surface area contributed by atoms with Gasteiger partial charge in [0, 0.05) is 25.7 Å². The lowest BCUT2D eigenvalue weighted by Crippen LogP contribution is -2.34. The third-order valence-electron chi connectivity index (χ3n) is 3.46. The summed E-state index contributed by atoms with van der Waals surface area (Å²) in [4.78, 5) is 2.29. The van der Waals surface area contributed by atoms with Gasteiger partial charge in [-0.25, -0.2) is 0 Å². The lowest BCUT2D eigenvalue weighted by molar-refractivity contribution is 0.114. The van der Waals surface area contributed by atoms with E-state index in [0.717, 1.165) is 19.6 Å². The maximum Gasteiger partial charge on any atom is 0.0615 e. The third-order valence-corrected chi connectivity index (χ3v) is 3.46. The van der Waals surface area contributed by atoms with Crippen molar-refractivity contribution in [3.8, 4) is 0 Å². The Morgan fingerprint density at radius 2 is 1.89 bits per heavy atom. The van der Waals surface area contributed by atoms with Gasteiger partial charge in [0.25, 0.3) is 0 Å². The van der Waals surface area contributed by atoms with Crippen molar-refractivity contribution < 1.29 is 4.74 Å². The van der Waals surface area contributed by atoms with Crippen LogP contribution in [0.3, 0.4) is 0 Å². The van der Waals surface area contributed by atoms with Crippen molar-refractivity contribution in [2.75, 3.05) is 27.3 Å². The Hall–Kier alpha value is -0.900. The van der Waals surface area contributed by atoms with Gasteiger partial charge in [-0.1, -0.05) is 29.8 Å². The first-order valence-electron chi connectivity index (χ1n) is 6.56. The van der Waals surface area contributed by atoms with E-state index in [1.807, 2.05) is 0 Å². The average molecular weight is 250 g/mol. The standard InChI is InChI=1S/C15H26N2O/c1-12-5-7-14(8-6-12)15(16)9-10-17(3)13(2)11-18-4/h5-8,13,15H,9-11,16H2,1-4H3. The molecule has 1 rings (SSSR count). The van der Waals surface area contributed by atoms with Gasteiger partial charge in [0.2, 0.25) is 0 Å². The number of hydrogen-bond acceptors (Lipinski definition) is 3. The number of nitrogens with zero attached hydrogens (tertiary/aromatic N) is 1. The fourth-order valence-electron chi connectivity index (χ4n) is 1.91. The van der Waals surface area contributed by atoms with E-state index in [1.54, 1.807) is 7.11 Å². The van der Waals surface area contributed by atoms with Crippen LogP contribution >= 0.6 is 0 Å². The van der Waals surface area contributed by atoms with Gasteiger partial charge in [-0.15, -0.1) is 0 Å². The van der Waals surface area contributed by atoms with E-state index in [9.17, 15) is 0 Å². The maximum atomic E-state index is 6.21. The molecule has 0 bridgehead atoms. The molecule has 102 valence electrons. The van der Waals surface area contributed by atoms with Gasteiger partial charge in [-0.2, -0.15) is 0 Å². The van der Waals surface area contributed by atoms with Crippen LogP contribution < -0.4 is 5.73 Å². The number of aryl methyl sites for hydroxylation is 1. The lowest BCUT2D eigenvalue weighted by atomic mass is 10.0. The second-order valence-electron chi connectivity index (χ2n) is 5.09. The summed E-state index contributed by atoms with van der Waals surface area (Å²) >= 11 is 0. The van der Waals surface area contributed by atoms with Crippen LogP contribution in [0.2, 0.25) is 0 Å². The van der Waals surface area contributed by atoms with Gasteiger partial charge in [0.05, 0.1) is 6.61 Å². The molecule has 0 fully saturated rings. The maximum absolute atomic E-state index is 6.21. The summed E-state index contributed by atoms with van der Waals surface area (Å²) in [6.07, 6.45) is 0.966. The van der Waals surface area contributed by atoms with E-state index in [4.69, 9.17) is 10.5 Å². The summed E-state index contributed by atoms with van der Waals surface area (Å²) < 4.78 is 5.16. The minimum atomic E-state index is 0.114. The molecule has 0 aliphatic carbocycles. The highest BCUT2D eigenvalue weighted by Gasteiger charge is 2.11. The van der Waals surface area contributed by atoms with Gasteiger partial charge < -0.3 is 15.4 Å². The molecule has 18 heavy (non-hydrogen) atoms. The Morgan fingerprint density at radius 3 is 2.44 bits per heavy atom. The lowest BCUT2D eigenvalue weighted by Gasteiger charge is -2.25. The van der Waals surface area contributed by atoms with Crippen molar-refractivity contribution in [3.05, 3.63) is 35.4 Å². The molecule has 0 radical (unpaired) electrons. The summed E-state index contributed by atoms with van der Waals surface area (Å²) in [6, 6.07) is 9.03. The second-order valence-corrected chi connectivity index (χ2v) is 5.09. The van der Waals surface area contributed by atoms with Crippen LogP contribution in [0, 0.1) is 6.92 Å². The Bertz CT molecular complexity index is 337. The zero-order chi connectivity index (χ0) is 13.5. The molecular formula is C15H26N2O. The Labute approximate surface area is 111 Å². The quantitative estimate of drug-likeness (QED) is 0.807. The average Bonchev–Trinajstić information content (AvgIpc) is 2.36. The molecular weight excluding hydrogens is 224 g/mol. The van der Waals surface area contributed by atoms with Crippen molar-refractivity contribution in [3.63, 3.8) is 0 Å². The number of ether oxygens (including phenoxy) is 1. The molecule has 2 unspecified atom stereocenters. The molecule has 0 spiro atoms. The molecule has 1 aromatic rings. The summed E-state index contributed by atoms with van der Waals surface area (Å²) in [5, 5.41) is 0. The van der Waals surface area contributed by atoms with E-state index in [0.29, 0.717) is 6.04 Å². The molecule has 0 amide bonds. The zero-order valence-corrected chi connectivity index (χ0v) is 12.0. The van der Waals surface area contributed by atoms with Crippen LogP contribution in [-0.4, -0.2) is 38.3 Å². The molecule has 3 heteroatoms. The van der Waals surface area contributed by atoms with Gasteiger partial charge in [-0.3, -0.25) is 0 Å². The Morgan fingerprint density at radius 1 is 1.28 bits per heavy atom. The SMILES string of the molecule is COCC(C)N(C)CCC(N)c1ccc(C)cc1. The first kappa shape index (κ1) is 15.2. The van der Waals surface area contributed by atoms with Crippen molar-refractivity contribution >= 4 is 0 Å². The highest BCUT2D eigenvalue weighted by atomic mass is 16.5. The number of methoxy groups -OCH3 is 1. The molecule has 0 saturated heterocycles. The van der Waals surface area contributed by atoms with Gasteiger partial charge in [0.15, 0.2) is 0 Å². The van der Waals surface area contributed by atoms with Crippen LogP contribution in [0.5, 0.6) is 0 Å². The zero-order valence-electron chi connectivity index (χ0n) is 12.0. The van der Waals surface area contributed by atoms with Crippen LogP contribution in [0.4, 0.5) is 0 Å². The number of hydrogen-bond donors (Lipinski definition) is 1.